The van der Waals surface area contributed by atoms with Crippen molar-refractivity contribution in [2.24, 2.45) is 0 Å². The molecule has 0 bridgehead atoms. The van der Waals surface area contributed by atoms with Crippen LogP contribution in [0.2, 0.25) is 5.02 Å². The molecule has 4 rings (SSSR count). The van der Waals surface area contributed by atoms with Gasteiger partial charge in [-0.3, -0.25) is 4.79 Å². The number of carbonyl (C=O) groups excluding carboxylic acids is 1. The molecule has 1 amide bonds. The van der Waals surface area contributed by atoms with Gasteiger partial charge in [-0.2, -0.15) is 0 Å². The molecular weight excluding hydrogens is 350 g/mol. The molecule has 0 aliphatic carbocycles. The van der Waals surface area contributed by atoms with Crippen LogP contribution in [0.5, 0.6) is 0 Å². The van der Waals surface area contributed by atoms with Gasteiger partial charge in [0.1, 0.15) is 0 Å². The van der Waals surface area contributed by atoms with Crippen molar-refractivity contribution in [2.75, 3.05) is 31.1 Å². The highest BCUT2D eigenvalue weighted by molar-refractivity contribution is 6.30. The van der Waals surface area contributed by atoms with Crippen LogP contribution < -0.4 is 4.90 Å². The van der Waals surface area contributed by atoms with Gasteiger partial charge in [0, 0.05) is 42.5 Å². The summed E-state index contributed by atoms with van der Waals surface area (Å²) < 4.78 is 5.68. The Hall–Kier alpha value is -2.79. The highest BCUT2D eigenvalue weighted by Crippen LogP contribution is 2.22. The molecule has 2 aromatic carbocycles. The van der Waals surface area contributed by atoms with Crippen LogP contribution in [0.1, 0.15) is 10.7 Å². The van der Waals surface area contributed by atoms with Crippen molar-refractivity contribution in [3.8, 4) is 11.3 Å². The van der Waals surface area contributed by atoms with Crippen LogP contribution >= 0.6 is 11.6 Å². The zero-order chi connectivity index (χ0) is 17.9. The number of nitrogens with zero attached hydrogens (tertiary/aromatic N) is 3. The second-order valence-corrected chi connectivity index (χ2v) is 6.59. The molecule has 5 nitrogen and oxygen atoms in total. The summed E-state index contributed by atoms with van der Waals surface area (Å²) in [6.07, 6.45) is 1.60. The first-order chi connectivity index (χ1) is 12.7. The van der Waals surface area contributed by atoms with Crippen molar-refractivity contribution in [1.82, 2.24) is 9.88 Å². The van der Waals surface area contributed by atoms with Gasteiger partial charge in [-0.05, 0) is 24.3 Å². The number of rotatable bonds is 3. The molecule has 132 valence electrons. The maximum atomic E-state index is 12.7. The molecule has 1 saturated heterocycles. The largest absolute Gasteiger partial charge is 0.432 e. The Morgan fingerprint density at radius 2 is 1.65 bits per heavy atom. The molecule has 0 saturated carbocycles. The first kappa shape index (κ1) is 16.7. The Balaban J connectivity index is 1.41. The lowest BCUT2D eigenvalue weighted by molar-refractivity contribution is 0.0707. The Kier molecular flexibility index (Phi) is 4.63. The highest BCUT2D eigenvalue weighted by Gasteiger charge is 2.25. The fraction of sp³-hybridized carbons (Fsp3) is 0.200. The fourth-order valence-corrected chi connectivity index (χ4v) is 3.19. The van der Waals surface area contributed by atoms with Crippen molar-refractivity contribution in [3.63, 3.8) is 0 Å². The number of anilines is 1. The normalized spacial score (nSPS) is 14.5. The van der Waals surface area contributed by atoms with E-state index in [-0.39, 0.29) is 11.8 Å². The van der Waals surface area contributed by atoms with E-state index in [0.29, 0.717) is 18.8 Å². The number of carbonyl (C=O) groups is 1. The maximum absolute atomic E-state index is 12.7. The second-order valence-electron chi connectivity index (χ2n) is 6.15. The molecule has 0 unspecified atom stereocenters. The van der Waals surface area contributed by atoms with Gasteiger partial charge >= 0.3 is 5.91 Å². The van der Waals surface area contributed by atoms with E-state index in [1.54, 1.807) is 11.1 Å². The first-order valence-corrected chi connectivity index (χ1v) is 8.89. The summed E-state index contributed by atoms with van der Waals surface area (Å²) in [5.74, 6) is 0.584. The molecule has 26 heavy (non-hydrogen) atoms. The predicted octanol–water partition coefficient (Wildman–Crippen LogP) is 3.96. The molecule has 6 heteroatoms. The topological polar surface area (TPSA) is 49.6 Å². The lowest BCUT2D eigenvalue weighted by Gasteiger charge is -2.35. The zero-order valence-corrected chi connectivity index (χ0v) is 14.9. The molecule has 0 radical (unpaired) electrons. The number of benzene rings is 2. The van der Waals surface area contributed by atoms with Crippen molar-refractivity contribution < 1.29 is 9.21 Å². The lowest BCUT2D eigenvalue weighted by Crippen LogP contribution is -2.48. The van der Waals surface area contributed by atoms with Gasteiger partial charge in [-0.15, -0.1) is 0 Å². The third kappa shape index (κ3) is 3.44. The summed E-state index contributed by atoms with van der Waals surface area (Å²) in [6, 6.07) is 17.4. The van der Waals surface area contributed by atoms with Gasteiger partial charge in [0.2, 0.25) is 0 Å². The molecule has 1 aliphatic heterocycles. The second kappa shape index (κ2) is 7.22. The van der Waals surface area contributed by atoms with E-state index >= 15 is 0 Å². The smallest absolute Gasteiger partial charge is 0.309 e. The summed E-state index contributed by atoms with van der Waals surface area (Å²) >= 11 is 5.94. The molecule has 1 fully saturated rings. The van der Waals surface area contributed by atoms with Crippen molar-refractivity contribution in [2.45, 2.75) is 0 Å². The van der Waals surface area contributed by atoms with Gasteiger partial charge in [0.25, 0.3) is 5.89 Å². The summed E-state index contributed by atoms with van der Waals surface area (Å²) in [5.41, 5.74) is 2.02. The summed E-state index contributed by atoms with van der Waals surface area (Å²) in [7, 11) is 0. The quantitative estimate of drug-likeness (QED) is 0.703. The SMILES string of the molecule is O=C(c1ncc(-c2ccccc2)o1)N1CCN(c2ccc(Cl)cc2)CC1. The van der Waals surface area contributed by atoms with Gasteiger partial charge in [-0.25, -0.2) is 4.98 Å². The van der Waals surface area contributed by atoms with Crippen LogP contribution in [0.4, 0.5) is 5.69 Å². The highest BCUT2D eigenvalue weighted by atomic mass is 35.5. The summed E-state index contributed by atoms with van der Waals surface area (Å²) in [4.78, 5) is 20.9. The molecule has 0 N–H and O–H groups in total. The van der Waals surface area contributed by atoms with E-state index in [1.807, 2.05) is 54.6 Å². The summed E-state index contributed by atoms with van der Waals surface area (Å²) in [6.45, 7) is 2.79. The number of hydrogen-bond donors (Lipinski definition) is 0. The Morgan fingerprint density at radius 1 is 0.962 bits per heavy atom. The molecular formula is C20H18ClN3O2. The maximum Gasteiger partial charge on any atom is 0.309 e. The number of piperazine rings is 1. The lowest BCUT2D eigenvalue weighted by atomic mass is 10.2. The third-order valence-corrected chi connectivity index (χ3v) is 4.76. The van der Waals surface area contributed by atoms with Gasteiger partial charge in [0.15, 0.2) is 5.76 Å². The van der Waals surface area contributed by atoms with Gasteiger partial charge < -0.3 is 14.2 Å². The van der Waals surface area contributed by atoms with Gasteiger partial charge in [-0.1, -0.05) is 41.9 Å². The van der Waals surface area contributed by atoms with E-state index < -0.39 is 0 Å². The summed E-state index contributed by atoms with van der Waals surface area (Å²) in [5, 5.41) is 0.723. The number of aromatic nitrogens is 1. The minimum atomic E-state index is -0.164. The van der Waals surface area contributed by atoms with E-state index in [0.717, 1.165) is 29.4 Å². The number of halogens is 1. The van der Waals surface area contributed by atoms with Crippen LogP contribution in [-0.2, 0) is 0 Å². The monoisotopic (exact) mass is 367 g/mol. The van der Waals surface area contributed by atoms with E-state index in [9.17, 15) is 4.79 Å². The van der Waals surface area contributed by atoms with Crippen LogP contribution in [0.3, 0.4) is 0 Å². The Morgan fingerprint density at radius 3 is 2.35 bits per heavy atom. The van der Waals surface area contributed by atoms with E-state index in [1.165, 1.54) is 0 Å². The number of oxazole rings is 1. The molecule has 0 atom stereocenters. The molecule has 1 aromatic heterocycles. The Labute approximate surface area is 156 Å². The molecule has 3 aromatic rings. The van der Waals surface area contributed by atoms with E-state index in [2.05, 4.69) is 9.88 Å². The molecule has 2 heterocycles. The number of amides is 1. The van der Waals surface area contributed by atoms with Gasteiger partial charge in [0.05, 0.1) is 6.20 Å². The molecule has 1 aliphatic rings. The van der Waals surface area contributed by atoms with Crippen LogP contribution in [-0.4, -0.2) is 42.0 Å². The van der Waals surface area contributed by atoms with Crippen LogP contribution in [0, 0.1) is 0 Å². The van der Waals surface area contributed by atoms with Crippen LogP contribution in [0.15, 0.2) is 65.2 Å². The van der Waals surface area contributed by atoms with Crippen LogP contribution in [0.25, 0.3) is 11.3 Å². The van der Waals surface area contributed by atoms with E-state index in [4.69, 9.17) is 16.0 Å². The first-order valence-electron chi connectivity index (χ1n) is 8.52. The molecule has 0 spiro atoms. The third-order valence-electron chi connectivity index (χ3n) is 4.51. The zero-order valence-electron chi connectivity index (χ0n) is 14.1. The van der Waals surface area contributed by atoms with Crippen molar-refractivity contribution in [3.05, 3.63) is 71.7 Å². The average Bonchev–Trinajstić information content (AvgIpc) is 3.19. The number of hydrogen-bond acceptors (Lipinski definition) is 4. The van der Waals surface area contributed by atoms with Crippen molar-refractivity contribution in [1.29, 1.82) is 0 Å². The van der Waals surface area contributed by atoms with Crippen molar-refractivity contribution >= 4 is 23.2 Å². The average molecular weight is 368 g/mol. The fourth-order valence-electron chi connectivity index (χ4n) is 3.06. The minimum Gasteiger partial charge on any atom is -0.432 e. The minimum absolute atomic E-state index is 0.142. The standard InChI is InChI=1S/C20H18ClN3O2/c21-16-6-8-17(9-7-16)23-10-12-24(13-11-23)20(25)19-22-14-18(26-19)15-4-2-1-3-5-15/h1-9,14H,10-13H2. The Bertz CT molecular complexity index is 885. The predicted molar refractivity (Wildman–Crippen MR) is 102 cm³/mol.